The number of rotatable bonds is 27. The van der Waals surface area contributed by atoms with Gasteiger partial charge in [-0.05, 0) is 6.42 Å². The van der Waals surface area contributed by atoms with Crippen LogP contribution in [0.4, 0.5) is 0 Å². The van der Waals surface area contributed by atoms with Gasteiger partial charge in [0, 0.05) is 5.88 Å². The lowest BCUT2D eigenvalue weighted by molar-refractivity contribution is 0.515. The van der Waals surface area contributed by atoms with Crippen LogP contribution in [0.3, 0.4) is 0 Å². The van der Waals surface area contributed by atoms with E-state index in [9.17, 15) is 0 Å². The third-order valence-electron chi connectivity index (χ3n) is 6.74. The molecule has 0 amide bonds. The minimum absolute atomic E-state index is 0.847. The van der Waals surface area contributed by atoms with Crippen LogP contribution in [0, 0.1) is 0 Å². The van der Waals surface area contributed by atoms with Crippen molar-refractivity contribution in [2.24, 2.45) is 0 Å². The third-order valence-corrected chi connectivity index (χ3v) is 7.00. The van der Waals surface area contributed by atoms with Gasteiger partial charge in [0.05, 0.1) is 0 Å². The molecule has 0 nitrogen and oxygen atoms in total. The Bertz CT molecular complexity index is 248. The van der Waals surface area contributed by atoms with Crippen molar-refractivity contribution in [1.29, 1.82) is 0 Å². The molecule has 0 atom stereocenters. The highest BCUT2D eigenvalue weighted by Gasteiger charge is 1.96. The predicted octanol–water partition coefficient (Wildman–Crippen LogP) is 11.8. The SMILES string of the molecule is CCCCCCCCCCCCCCCCCCCCCCCCCCCCCCl. The highest BCUT2D eigenvalue weighted by molar-refractivity contribution is 6.17. The summed E-state index contributed by atoms with van der Waals surface area (Å²) in [5, 5.41) is 0. The smallest absolute Gasteiger partial charge is 0.0223 e. The molecule has 0 radical (unpaired) electrons. The average Bonchev–Trinajstić information content (AvgIpc) is 2.76. The monoisotopic (exact) mass is 442 g/mol. The second kappa shape index (κ2) is 29.3. The topological polar surface area (TPSA) is 0 Å². The molecular weight excluding hydrogens is 384 g/mol. The molecule has 0 aromatic carbocycles. The van der Waals surface area contributed by atoms with E-state index in [0.29, 0.717) is 0 Å². The van der Waals surface area contributed by atoms with Gasteiger partial charge in [-0.2, -0.15) is 0 Å². The predicted molar refractivity (Wildman–Crippen MR) is 141 cm³/mol. The highest BCUT2D eigenvalue weighted by Crippen LogP contribution is 2.16. The fourth-order valence-electron chi connectivity index (χ4n) is 4.59. The number of unbranched alkanes of at least 4 members (excludes halogenated alkanes) is 26. The minimum Gasteiger partial charge on any atom is -0.127 e. The first kappa shape index (κ1) is 30.3. The average molecular weight is 443 g/mol. The zero-order valence-electron chi connectivity index (χ0n) is 21.2. The maximum Gasteiger partial charge on any atom is 0.0223 e. The molecule has 0 unspecified atom stereocenters. The Balaban J connectivity index is 2.97. The summed E-state index contributed by atoms with van der Waals surface area (Å²) in [4.78, 5) is 0. The van der Waals surface area contributed by atoms with Gasteiger partial charge in [-0.3, -0.25) is 0 Å². The van der Waals surface area contributed by atoms with Crippen molar-refractivity contribution in [2.75, 3.05) is 5.88 Å². The molecule has 182 valence electrons. The third kappa shape index (κ3) is 28.3. The Labute approximate surface area is 197 Å². The van der Waals surface area contributed by atoms with Crippen molar-refractivity contribution in [3.63, 3.8) is 0 Å². The van der Waals surface area contributed by atoms with Gasteiger partial charge < -0.3 is 0 Å². The molecule has 0 N–H and O–H groups in total. The second-order valence-electron chi connectivity index (χ2n) is 9.88. The van der Waals surface area contributed by atoms with Crippen LogP contribution in [0.15, 0.2) is 0 Å². The zero-order valence-corrected chi connectivity index (χ0v) is 21.9. The molecule has 0 aliphatic heterocycles. The van der Waals surface area contributed by atoms with Gasteiger partial charge in [0.1, 0.15) is 0 Å². The Morgan fingerprint density at radius 1 is 0.267 bits per heavy atom. The van der Waals surface area contributed by atoms with E-state index in [1.165, 1.54) is 173 Å². The van der Waals surface area contributed by atoms with Gasteiger partial charge in [0.15, 0.2) is 0 Å². The maximum absolute atomic E-state index is 5.71. The summed E-state index contributed by atoms with van der Waals surface area (Å²) in [7, 11) is 0. The van der Waals surface area contributed by atoms with Crippen molar-refractivity contribution in [3.8, 4) is 0 Å². The quantitative estimate of drug-likeness (QED) is 0.0875. The van der Waals surface area contributed by atoms with Crippen LogP contribution in [-0.2, 0) is 0 Å². The minimum atomic E-state index is 0.847. The molecule has 1 heteroatoms. The van der Waals surface area contributed by atoms with Crippen LogP contribution in [0.25, 0.3) is 0 Å². The van der Waals surface area contributed by atoms with Gasteiger partial charge in [-0.25, -0.2) is 0 Å². The molecule has 0 rings (SSSR count). The maximum atomic E-state index is 5.71. The molecular formula is C29H59Cl. The lowest BCUT2D eigenvalue weighted by atomic mass is 10.0. The molecule has 0 heterocycles. The van der Waals surface area contributed by atoms with Gasteiger partial charge in [0.25, 0.3) is 0 Å². The van der Waals surface area contributed by atoms with Crippen LogP contribution >= 0.6 is 11.6 Å². The molecule has 0 bridgehead atoms. The first-order chi connectivity index (χ1) is 14.9. The molecule has 0 aromatic rings. The largest absolute Gasteiger partial charge is 0.127 e. The van der Waals surface area contributed by atoms with E-state index in [0.717, 1.165) is 5.88 Å². The first-order valence-electron chi connectivity index (χ1n) is 14.5. The number of hydrogen-bond acceptors (Lipinski definition) is 0. The van der Waals surface area contributed by atoms with Crippen LogP contribution in [0.1, 0.15) is 180 Å². The van der Waals surface area contributed by atoms with Gasteiger partial charge in [0.2, 0.25) is 0 Å². The fraction of sp³-hybridized carbons (Fsp3) is 1.00. The summed E-state index contributed by atoms with van der Waals surface area (Å²) < 4.78 is 0. The molecule has 0 saturated carbocycles. The normalized spacial score (nSPS) is 11.4. The molecule has 0 fully saturated rings. The lowest BCUT2D eigenvalue weighted by Gasteiger charge is -2.04. The summed E-state index contributed by atoms with van der Waals surface area (Å²) in [5.41, 5.74) is 0. The van der Waals surface area contributed by atoms with E-state index in [2.05, 4.69) is 6.92 Å². The van der Waals surface area contributed by atoms with Gasteiger partial charge in [-0.15, -0.1) is 11.6 Å². The second-order valence-corrected chi connectivity index (χ2v) is 10.3. The first-order valence-corrected chi connectivity index (χ1v) is 15.0. The molecule has 0 saturated heterocycles. The Morgan fingerprint density at radius 2 is 0.433 bits per heavy atom. The Kier molecular flexibility index (Phi) is 29.6. The fourth-order valence-corrected chi connectivity index (χ4v) is 4.78. The van der Waals surface area contributed by atoms with E-state index >= 15 is 0 Å². The van der Waals surface area contributed by atoms with E-state index in [4.69, 9.17) is 11.6 Å². The summed E-state index contributed by atoms with van der Waals surface area (Å²) in [6.07, 6.45) is 39.3. The van der Waals surface area contributed by atoms with Gasteiger partial charge >= 0.3 is 0 Å². The Morgan fingerprint density at radius 3 is 0.600 bits per heavy atom. The van der Waals surface area contributed by atoms with E-state index in [-0.39, 0.29) is 0 Å². The summed E-state index contributed by atoms with van der Waals surface area (Å²) in [5.74, 6) is 0.847. The summed E-state index contributed by atoms with van der Waals surface area (Å²) >= 11 is 5.71. The molecule has 0 aliphatic rings. The number of alkyl halides is 1. The van der Waals surface area contributed by atoms with Crippen molar-refractivity contribution in [1.82, 2.24) is 0 Å². The lowest BCUT2D eigenvalue weighted by Crippen LogP contribution is -1.85. The van der Waals surface area contributed by atoms with E-state index < -0.39 is 0 Å². The summed E-state index contributed by atoms with van der Waals surface area (Å²) in [6, 6.07) is 0. The zero-order chi connectivity index (χ0) is 21.8. The van der Waals surface area contributed by atoms with Crippen LogP contribution in [0.5, 0.6) is 0 Å². The molecule has 0 aromatic heterocycles. The van der Waals surface area contributed by atoms with Crippen molar-refractivity contribution in [2.45, 2.75) is 180 Å². The van der Waals surface area contributed by atoms with Crippen molar-refractivity contribution >= 4 is 11.6 Å². The highest BCUT2D eigenvalue weighted by atomic mass is 35.5. The van der Waals surface area contributed by atoms with Crippen LogP contribution in [-0.4, -0.2) is 5.88 Å². The summed E-state index contributed by atoms with van der Waals surface area (Å²) in [6.45, 7) is 2.30. The molecule has 30 heavy (non-hydrogen) atoms. The van der Waals surface area contributed by atoms with Crippen LogP contribution < -0.4 is 0 Å². The molecule has 0 aliphatic carbocycles. The van der Waals surface area contributed by atoms with Crippen molar-refractivity contribution < 1.29 is 0 Å². The van der Waals surface area contributed by atoms with Crippen LogP contribution in [0.2, 0.25) is 0 Å². The number of halogens is 1. The van der Waals surface area contributed by atoms with Gasteiger partial charge in [-0.1, -0.05) is 174 Å². The standard InChI is InChI=1S/C29H59Cl/c1-2-3-4-5-6-7-8-9-10-11-12-13-14-15-16-17-18-19-20-21-22-23-24-25-26-27-28-29-30/h2-29H2,1H3. The molecule has 0 spiro atoms. The Hall–Kier alpha value is 0.290. The van der Waals surface area contributed by atoms with Crippen molar-refractivity contribution in [3.05, 3.63) is 0 Å². The van der Waals surface area contributed by atoms with E-state index in [1.54, 1.807) is 0 Å². The number of hydrogen-bond donors (Lipinski definition) is 0. The van der Waals surface area contributed by atoms with E-state index in [1.807, 2.05) is 0 Å².